The quantitative estimate of drug-likeness (QED) is 0.573. The van der Waals surface area contributed by atoms with Gasteiger partial charge in [-0.05, 0) is 30.5 Å². The number of carbonyl (C=O) groups excluding carboxylic acids is 2. The summed E-state index contributed by atoms with van der Waals surface area (Å²) in [5.74, 6) is -1.36. The van der Waals surface area contributed by atoms with Crippen molar-refractivity contribution in [1.82, 2.24) is 9.88 Å². The summed E-state index contributed by atoms with van der Waals surface area (Å²) in [7, 11) is 3.00. The minimum Gasteiger partial charge on any atom is -0.468 e. The van der Waals surface area contributed by atoms with Crippen molar-refractivity contribution in [2.75, 3.05) is 20.7 Å². The zero-order valence-electron chi connectivity index (χ0n) is 11.6. The Hall–Kier alpha value is -1.91. The molecule has 0 N–H and O–H groups in total. The van der Waals surface area contributed by atoms with Gasteiger partial charge in [-0.2, -0.15) is 0 Å². The summed E-state index contributed by atoms with van der Waals surface area (Å²) in [6.45, 7) is 2.37. The molecule has 5 heteroatoms. The summed E-state index contributed by atoms with van der Waals surface area (Å²) < 4.78 is 4.64. The summed E-state index contributed by atoms with van der Waals surface area (Å²) in [6.07, 6.45) is 4.63. The lowest BCUT2D eigenvalue weighted by Crippen LogP contribution is -2.38. The first-order valence-corrected chi connectivity index (χ1v) is 6.31. The molecule has 0 radical (unpaired) electrons. The smallest absolute Gasteiger partial charge is 0.318 e. The number of carbonyl (C=O) groups is 2. The number of ether oxygens (including phenoxy) is 1. The maximum Gasteiger partial charge on any atom is 0.318 e. The number of nitrogens with zero attached hydrogens (tertiary/aromatic N) is 2. The van der Waals surface area contributed by atoms with Crippen molar-refractivity contribution in [2.24, 2.45) is 5.92 Å². The standard InChI is InChI=1S/C14H20N2O3/c1-4-12(14(18)19-3)13(17)16(2)10-7-11-5-8-15-9-6-11/h5-6,8-9,12H,4,7,10H2,1-3H3. The Morgan fingerprint density at radius 3 is 2.53 bits per heavy atom. The van der Waals surface area contributed by atoms with E-state index in [1.54, 1.807) is 31.3 Å². The topological polar surface area (TPSA) is 59.5 Å². The van der Waals surface area contributed by atoms with E-state index in [0.717, 1.165) is 12.0 Å². The first-order chi connectivity index (χ1) is 9.10. The molecule has 0 aliphatic heterocycles. The maximum absolute atomic E-state index is 12.1. The van der Waals surface area contributed by atoms with E-state index in [4.69, 9.17) is 0 Å². The Labute approximate surface area is 113 Å². The summed E-state index contributed by atoms with van der Waals surface area (Å²) >= 11 is 0. The Morgan fingerprint density at radius 1 is 1.37 bits per heavy atom. The second-order valence-corrected chi connectivity index (χ2v) is 4.35. The average molecular weight is 264 g/mol. The first-order valence-electron chi connectivity index (χ1n) is 6.31. The third-order valence-electron chi connectivity index (χ3n) is 3.05. The Kier molecular flexibility index (Phi) is 5.99. The summed E-state index contributed by atoms with van der Waals surface area (Å²) in [6, 6.07) is 3.83. The molecule has 1 aromatic heterocycles. The van der Waals surface area contributed by atoms with Crippen molar-refractivity contribution in [3.05, 3.63) is 30.1 Å². The number of amides is 1. The van der Waals surface area contributed by atoms with E-state index in [-0.39, 0.29) is 5.91 Å². The first kappa shape index (κ1) is 15.1. The number of hydrogen-bond acceptors (Lipinski definition) is 4. The van der Waals surface area contributed by atoms with Crippen LogP contribution in [0.5, 0.6) is 0 Å². The van der Waals surface area contributed by atoms with E-state index in [2.05, 4.69) is 9.72 Å². The Balaban J connectivity index is 2.54. The number of pyridine rings is 1. The summed E-state index contributed by atoms with van der Waals surface area (Å²) in [5.41, 5.74) is 1.11. The molecule has 0 aliphatic carbocycles. The van der Waals surface area contributed by atoms with Crippen LogP contribution in [0.3, 0.4) is 0 Å². The monoisotopic (exact) mass is 264 g/mol. The number of rotatable bonds is 6. The largest absolute Gasteiger partial charge is 0.468 e. The molecule has 19 heavy (non-hydrogen) atoms. The molecule has 0 saturated heterocycles. The minimum absolute atomic E-state index is 0.191. The van der Waals surface area contributed by atoms with Gasteiger partial charge in [0.2, 0.25) is 5.91 Å². The molecular formula is C14H20N2O3. The van der Waals surface area contributed by atoms with Gasteiger partial charge in [-0.3, -0.25) is 14.6 Å². The van der Waals surface area contributed by atoms with Crippen LogP contribution in [0.25, 0.3) is 0 Å². The molecule has 1 amide bonds. The van der Waals surface area contributed by atoms with E-state index < -0.39 is 11.9 Å². The molecule has 1 aromatic rings. The van der Waals surface area contributed by atoms with Crippen LogP contribution in [0.4, 0.5) is 0 Å². The highest BCUT2D eigenvalue weighted by atomic mass is 16.5. The summed E-state index contributed by atoms with van der Waals surface area (Å²) in [5, 5.41) is 0. The number of methoxy groups -OCH3 is 1. The molecule has 1 heterocycles. The normalized spacial score (nSPS) is 11.7. The van der Waals surface area contributed by atoms with Gasteiger partial charge in [-0.1, -0.05) is 6.92 Å². The van der Waals surface area contributed by atoms with Crippen LogP contribution in [0.1, 0.15) is 18.9 Å². The van der Waals surface area contributed by atoms with Gasteiger partial charge in [0.15, 0.2) is 0 Å². The van der Waals surface area contributed by atoms with Crippen molar-refractivity contribution < 1.29 is 14.3 Å². The van der Waals surface area contributed by atoms with E-state index in [1.807, 2.05) is 12.1 Å². The molecule has 5 nitrogen and oxygen atoms in total. The third-order valence-corrected chi connectivity index (χ3v) is 3.05. The summed E-state index contributed by atoms with van der Waals surface area (Å²) in [4.78, 5) is 29.1. The molecule has 0 aromatic carbocycles. The van der Waals surface area contributed by atoms with E-state index >= 15 is 0 Å². The molecule has 0 fully saturated rings. The van der Waals surface area contributed by atoms with Crippen LogP contribution in [0, 0.1) is 5.92 Å². The van der Waals surface area contributed by atoms with E-state index in [1.165, 1.54) is 7.11 Å². The molecule has 0 aliphatic rings. The highest BCUT2D eigenvalue weighted by molar-refractivity contribution is 5.97. The van der Waals surface area contributed by atoms with E-state index in [9.17, 15) is 9.59 Å². The number of likely N-dealkylation sites (N-methyl/N-ethyl adjacent to an activating group) is 1. The molecule has 1 atom stereocenters. The van der Waals surface area contributed by atoms with Crippen molar-refractivity contribution >= 4 is 11.9 Å². The molecule has 1 unspecified atom stereocenters. The van der Waals surface area contributed by atoms with Gasteiger partial charge in [0.1, 0.15) is 5.92 Å². The average Bonchev–Trinajstić information content (AvgIpc) is 2.46. The zero-order valence-corrected chi connectivity index (χ0v) is 11.6. The highest BCUT2D eigenvalue weighted by Gasteiger charge is 2.28. The van der Waals surface area contributed by atoms with Gasteiger partial charge in [-0.15, -0.1) is 0 Å². The Bertz CT molecular complexity index is 420. The van der Waals surface area contributed by atoms with Gasteiger partial charge < -0.3 is 9.64 Å². The van der Waals surface area contributed by atoms with Crippen LogP contribution < -0.4 is 0 Å². The SMILES string of the molecule is CCC(C(=O)OC)C(=O)N(C)CCc1ccncc1. The van der Waals surface area contributed by atoms with Gasteiger partial charge >= 0.3 is 5.97 Å². The van der Waals surface area contributed by atoms with Crippen LogP contribution in [0.2, 0.25) is 0 Å². The predicted molar refractivity (Wildman–Crippen MR) is 71.4 cm³/mol. The van der Waals surface area contributed by atoms with Crippen LogP contribution >= 0.6 is 0 Å². The van der Waals surface area contributed by atoms with E-state index in [0.29, 0.717) is 13.0 Å². The fraction of sp³-hybridized carbons (Fsp3) is 0.500. The fourth-order valence-corrected chi connectivity index (χ4v) is 1.81. The van der Waals surface area contributed by atoms with Gasteiger partial charge in [0.25, 0.3) is 0 Å². The second-order valence-electron chi connectivity index (χ2n) is 4.35. The Morgan fingerprint density at radius 2 is 2.00 bits per heavy atom. The van der Waals surface area contributed by atoms with Crippen molar-refractivity contribution in [3.8, 4) is 0 Å². The lowest BCUT2D eigenvalue weighted by molar-refractivity contribution is -0.153. The number of aromatic nitrogens is 1. The van der Waals surface area contributed by atoms with Gasteiger partial charge in [0.05, 0.1) is 7.11 Å². The molecule has 0 bridgehead atoms. The van der Waals surface area contributed by atoms with Crippen LogP contribution in [0.15, 0.2) is 24.5 Å². The third kappa shape index (κ3) is 4.35. The molecule has 1 rings (SSSR count). The van der Waals surface area contributed by atoms with Crippen LogP contribution in [-0.2, 0) is 20.7 Å². The highest BCUT2D eigenvalue weighted by Crippen LogP contribution is 2.10. The van der Waals surface area contributed by atoms with Crippen molar-refractivity contribution in [2.45, 2.75) is 19.8 Å². The molecular weight excluding hydrogens is 244 g/mol. The second kappa shape index (κ2) is 7.51. The van der Waals surface area contributed by atoms with Gasteiger partial charge in [0, 0.05) is 26.0 Å². The molecule has 0 spiro atoms. The van der Waals surface area contributed by atoms with Crippen LogP contribution in [-0.4, -0.2) is 42.5 Å². The molecule has 104 valence electrons. The lowest BCUT2D eigenvalue weighted by atomic mass is 10.1. The minimum atomic E-state index is -0.701. The molecule has 0 saturated carbocycles. The maximum atomic E-state index is 12.1. The number of hydrogen-bond donors (Lipinski definition) is 0. The number of esters is 1. The zero-order chi connectivity index (χ0) is 14.3. The van der Waals surface area contributed by atoms with Gasteiger partial charge in [-0.25, -0.2) is 0 Å². The fourth-order valence-electron chi connectivity index (χ4n) is 1.81. The van der Waals surface area contributed by atoms with Crippen molar-refractivity contribution in [3.63, 3.8) is 0 Å². The predicted octanol–water partition coefficient (Wildman–Crippen LogP) is 1.28. The van der Waals surface area contributed by atoms with Crippen molar-refractivity contribution in [1.29, 1.82) is 0 Å². The lowest BCUT2D eigenvalue weighted by Gasteiger charge is -2.21.